The molecule has 0 aromatic heterocycles. The first-order valence-corrected chi connectivity index (χ1v) is 46.8. The van der Waals surface area contributed by atoms with E-state index in [4.69, 9.17) is 5.73 Å². The van der Waals surface area contributed by atoms with Crippen molar-refractivity contribution in [2.24, 2.45) is 5.73 Å². The normalized spacial score (nSPS) is 12.7. The Morgan fingerprint density at radius 3 is 0.810 bits per heavy atom. The highest BCUT2D eigenvalue weighted by molar-refractivity contribution is 7.93. The zero-order valence-electron chi connectivity index (χ0n) is 65.9. The van der Waals surface area contributed by atoms with Crippen LogP contribution in [-0.4, -0.2) is 130 Å². The van der Waals surface area contributed by atoms with Gasteiger partial charge in [-0.05, 0) is 206 Å². The molecule has 11 N–H and O–H groups in total. The van der Waals surface area contributed by atoms with Crippen LogP contribution >= 0.6 is 24.4 Å². The number of phenolic OH excluding ortho intramolecular Hbond substituents is 6. The Kier molecular flexibility index (Phi) is 31.6. The predicted molar refractivity (Wildman–Crippen MR) is 453 cm³/mol. The Balaban J connectivity index is 0.000000273. The molecule has 0 aliphatic heterocycles. The molecule has 37 heteroatoms. The first kappa shape index (κ1) is 95.8. The first-order valence-electron chi connectivity index (χ1n) is 37.0. The third kappa shape index (κ3) is 24.2. The molecular formula is C84H86N4O25S8-6. The van der Waals surface area contributed by atoms with Crippen molar-refractivity contribution in [3.8, 4) is 46.0 Å². The van der Waals surface area contributed by atoms with Crippen molar-refractivity contribution in [1.82, 2.24) is 5.32 Å². The molecule has 10 aromatic carbocycles. The summed E-state index contributed by atoms with van der Waals surface area (Å²) in [7, 11) is -29.2. The lowest BCUT2D eigenvalue weighted by Gasteiger charge is -2.24. The molecule has 2 aliphatic rings. The predicted octanol–water partition coefficient (Wildman–Crippen LogP) is 10.5. The number of nitrogens with two attached hydrogens (primary N) is 1. The number of carbonyl (C=O) groups is 1. The number of aryl methyl sites for hydroxylation is 3. The van der Waals surface area contributed by atoms with Crippen LogP contribution < -0.4 is 30.7 Å². The van der Waals surface area contributed by atoms with Gasteiger partial charge < -0.3 is 70.1 Å². The summed E-state index contributed by atoms with van der Waals surface area (Å²) in [5.41, 5.74) is 5.56. The maximum Gasteiger partial charge on any atom is 0.261 e. The van der Waals surface area contributed by atoms with Gasteiger partial charge in [0.25, 0.3) is 26.0 Å². The fourth-order valence-electron chi connectivity index (χ4n) is 13.8. The van der Waals surface area contributed by atoms with Crippen LogP contribution in [0, 0.1) is 20.8 Å². The van der Waals surface area contributed by atoms with Crippen LogP contribution in [0.15, 0.2) is 175 Å². The van der Waals surface area contributed by atoms with E-state index in [9.17, 15) is 114 Å². The first-order chi connectivity index (χ1) is 56.7. The number of aromatic hydroxyl groups is 6. The lowest BCUT2D eigenvalue weighted by atomic mass is 9.90. The Labute approximate surface area is 713 Å². The van der Waals surface area contributed by atoms with Gasteiger partial charge in [-0.25, -0.2) is 50.5 Å². The van der Waals surface area contributed by atoms with Crippen LogP contribution in [0.5, 0.6) is 46.0 Å². The molecule has 0 radical (unpaired) electrons. The number of hydrogen-bond donors (Lipinski definition) is 10. The van der Waals surface area contributed by atoms with Crippen molar-refractivity contribution in [2.75, 3.05) is 22.5 Å². The highest BCUT2D eigenvalue weighted by atomic mass is 32.2. The van der Waals surface area contributed by atoms with Crippen LogP contribution in [0.3, 0.4) is 0 Å². The lowest BCUT2D eigenvalue weighted by molar-refractivity contribution is -0.271. The molecule has 12 rings (SSSR count). The van der Waals surface area contributed by atoms with E-state index in [1.165, 1.54) is 104 Å². The summed E-state index contributed by atoms with van der Waals surface area (Å²) in [6.45, 7) is 10.6. The average Bonchev–Trinajstić information content (AvgIpc) is 0.772. The van der Waals surface area contributed by atoms with Crippen LogP contribution in [-0.2, 0) is 112 Å². The summed E-state index contributed by atoms with van der Waals surface area (Å²) in [5.74, 6) is 1.03. The van der Waals surface area contributed by atoms with E-state index in [1.54, 1.807) is 32.9 Å². The van der Waals surface area contributed by atoms with E-state index in [-0.39, 0.29) is 129 Å². The van der Waals surface area contributed by atoms with Gasteiger partial charge in [-0.3, -0.25) is 14.2 Å². The van der Waals surface area contributed by atoms with E-state index >= 15 is 0 Å². The van der Waals surface area contributed by atoms with Gasteiger partial charge in [0, 0.05) is 97.1 Å². The molecule has 0 unspecified atom stereocenters. The summed E-state index contributed by atoms with van der Waals surface area (Å²) in [6.07, 6.45) is 2.92. The van der Waals surface area contributed by atoms with Gasteiger partial charge in [0.15, 0.2) is 0 Å². The number of fused-ring (bicyclic) bond motifs is 16. The van der Waals surface area contributed by atoms with Gasteiger partial charge in [-0.2, -0.15) is 0 Å². The van der Waals surface area contributed by atoms with E-state index in [0.717, 1.165) is 79.9 Å². The number of rotatable bonds is 18. The molecule has 0 atom stereocenters. The molecular weight excluding hydrogens is 1720 g/mol. The van der Waals surface area contributed by atoms with Gasteiger partial charge in [-0.1, -0.05) is 139 Å². The zero-order chi connectivity index (χ0) is 89.8. The summed E-state index contributed by atoms with van der Waals surface area (Å²) in [5, 5.41) is 99.4. The minimum atomic E-state index is -5.15. The molecule has 10 aromatic rings. The quantitative estimate of drug-likeness (QED) is 0.0165. The maximum absolute atomic E-state index is 13.8. The second-order valence-electron chi connectivity index (χ2n) is 28.7. The summed E-state index contributed by atoms with van der Waals surface area (Å²) < 4.78 is 207. The van der Waals surface area contributed by atoms with Gasteiger partial charge in [0.05, 0.1) is 29.4 Å². The number of phenols is 6. The number of sulfonamides is 2. The van der Waals surface area contributed by atoms with E-state index in [2.05, 4.69) is 57.9 Å². The van der Waals surface area contributed by atoms with Crippen molar-refractivity contribution in [1.29, 1.82) is 0 Å². The van der Waals surface area contributed by atoms with Gasteiger partial charge in [0.2, 0.25) is 0 Å². The molecule has 0 heterocycles. The molecule has 29 nitrogen and oxygen atoms in total. The van der Waals surface area contributed by atoms with Crippen molar-refractivity contribution in [2.45, 2.75) is 154 Å². The average molecular weight is 1810 g/mol. The molecule has 2 aliphatic carbocycles. The molecule has 0 spiro atoms. The largest absolute Gasteiger partial charge is 0.872 e. The van der Waals surface area contributed by atoms with E-state index < -0.39 is 171 Å². The molecule has 1 amide bonds. The van der Waals surface area contributed by atoms with E-state index in [1.807, 2.05) is 6.92 Å². The third-order valence-corrected chi connectivity index (χ3v) is 25.7. The molecule has 16 bridgehead atoms. The highest BCUT2D eigenvalue weighted by Gasteiger charge is 2.28. The number of hydrogen-bond acceptors (Lipinski definition) is 28. The zero-order valence-corrected chi connectivity index (χ0v) is 72.4. The van der Waals surface area contributed by atoms with Crippen LogP contribution in [0.1, 0.15) is 168 Å². The molecule has 0 saturated heterocycles. The number of carbonyl (C=O) groups excluding carboxylic acids is 1. The minimum absolute atomic E-state index is 0.0447. The smallest absolute Gasteiger partial charge is 0.261 e. The Bertz CT molecular complexity index is 6050. The molecule has 121 heavy (non-hydrogen) atoms. The monoisotopic (exact) mass is 1810 g/mol. The summed E-state index contributed by atoms with van der Waals surface area (Å²) in [6, 6.07) is 29.0. The fourth-order valence-corrected chi connectivity index (χ4v) is 18.1. The van der Waals surface area contributed by atoms with Crippen LogP contribution in [0.2, 0.25) is 0 Å². The lowest BCUT2D eigenvalue weighted by Crippen LogP contribution is -2.24. The van der Waals surface area contributed by atoms with Crippen molar-refractivity contribution >= 4 is 114 Å². The number of nitrogens with one attached hydrogen (secondary N) is 3. The summed E-state index contributed by atoms with van der Waals surface area (Å²) >= 11 is 7.67. The summed E-state index contributed by atoms with van der Waals surface area (Å²) in [4.78, 5) is 9.28. The topological polar surface area (TPSA) is 544 Å². The van der Waals surface area contributed by atoms with Gasteiger partial charge in [-0.15, -0.1) is 11.5 Å². The molecule has 0 saturated carbocycles. The number of unbranched alkanes of at least 4 members (excludes halogenated alkanes) is 4. The SMILES string of the molecule is C=S.C=S.CCCCCN.CCCCCNC(=O)c1ccc(S(=O)(=O)Nc2cc3c(O)c(c2)Cc2cc(S(=O)(=O)[O-])cc(c2O)Cc2cc(C)cc(c2[O-])Cc2cc(S(=O)(=O)[O-])cc(c2O)C3)cc1.Cc1ccc(S(=O)(=O)Nc2cc3c(O)c(c2)Cc2cc(S(=O)(=O)[O-])cc(c2O)Cc2cc(C)cc(c2[O-])Cc2cc(S(=O)(=O)[O-])cc(c2O)C3)cc1. The van der Waals surface area contributed by atoms with Gasteiger partial charge >= 0.3 is 0 Å². The maximum atomic E-state index is 13.8. The van der Waals surface area contributed by atoms with Crippen LogP contribution in [0.4, 0.5) is 11.4 Å². The van der Waals surface area contributed by atoms with Crippen molar-refractivity contribution in [3.05, 3.63) is 257 Å². The molecule has 646 valence electrons. The number of benzene rings is 10. The number of anilines is 2. The molecule has 0 fully saturated rings. The van der Waals surface area contributed by atoms with E-state index in [0.29, 0.717) is 17.7 Å². The Hall–Kier alpha value is -10.7. The second-order valence-corrected chi connectivity index (χ2v) is 37.6. The third-order valence-electron chi connectivity index (χ3n) is 19.6. The van der Waals surface area contributed by atoms with Gasteiger partial charge in [0.1, 0.15) is 75.0 Å². The standard InChI is InChI=1S/C41H42N2O13S3.C36H33NO12S3.C5H13N.2CH2S/c1-3-4-5-10-42-41(48)24-6-8-34(9-7-24)57(49,50)43-33-17-27-15-31-21-35(58(51,52)53)19-29(39(31)46)13-25-11-23(2)12-26(37(25)44)14-30-20-36(59(54,55)56)22-32(40(30)47)16-28(18-33)38(27)45;1-19-3-5-30(6-4-19)50(42,43)37-29-13-23-11-27-17-31(51(44,45)46)15-25(35(27)40)9-21-7-20(2)8-22(33(21)38)10-26-16-32(52(47,48)49)18-28(36(26)41)12-24(14-29)34(23)39;1-2-3-4-5-6;2*1-2/h6-9,11-12,17-22,43-47H,3-5,10,13-16H2,1-2H3,(H,42,48)(H,51,52,53)(H,54,55,56);3-8,13-18,37-41H,9-12H2,1-2H3,(H,44,45,46)(H,47,48,49);2-6H2,1H3;2*1H2/p-6. The Morgan fingerprint density at radius 1 is 0.347 bits per heavy atom. The Morgan fingerprint density at radius 2 is 0.579 bits per heavy atom. The second kappa shape index (κ2) is 39.9. The minimum Gasteiger partial charge on any atom is -0.872 e. The van der Waals surface area contributed by atoms with Crippen molar-refractivity contribution in [3.63, 3.8) is 0 Å². The van der Waals surface area contributed by atoms with Crippen molar-refractivity contribution < 1.29 is 114 Å². The number of thiocarbonyl (C=S) groups is 2. The number of amides is 1. The fraction of sp³-hybridized carbons (Fsp3) is 0.250. The highest BCUT2D eigenvalue weighted by Crippen LogP contribution is 2.44. The van der Waals surface area contributed by atoms with Crippen LogP contribution in [0.25, 0.3) is 0 Å².